The molecular weight excluding hydrogens is 328 g/mol. The topological polar surface area (TPSA) is 58.6 Å². The fraction of sp³-hybridized carbons (Fsp3) is 0.350. The van der Waals surface area contributed by atoms with Crippen LogP contribution in [0.2, 0.25) is 0 Å². The van der Waals surface area contributed by atoms with E-state index in [2.05, 4.69) is 39.2 Å². The first-order valence-electron chi connectivity index (χ1n) is 8.94. The lowest BCUT2D eigenvalue weighted by molar-refractivity contribution is 0.0643. The highest BCUT2D eigenvalue weighted by Gasteiger charge is 2.22. The van der Waals surface area contributed by atoms with Crippen molar-refractivity contribution in [2.24, 2.45) is 0 Å². The van der Waals surface area contributed by atoms with Crippen LogP contribution in [-0.2, 0) is 0 Å². The molecule has 1 fully saturated rings. The molecule has 1 saturated heterocycles. The molecule has 6 heteroatoms. The maximum atomic E-state index is 12.6. The van der Waals surface area contributed by atoms with Crippen molar-refractivity contribution in [3.05, 3.63) is 60.1 Å². The first-order chi connectivity index (χ1) is 12.8. The van der Waals surface area contributed by atoms with E-state index in [0.29, 0.717) is 31.3 Å². The van der Waals surface area contributed by atoms with E-state index in [1.165, 1.54) is 11.9 Å². The van der Waals surface area contributed by atoms with E-state index in [4.69, 9.17) is 4.74 Å². The lowest BCUT2D eigenvalue weighted by Crippen LogP contribution is -2.48. The summed E-state index contributed by atoms with van der Waals surface area (Å²) < 4.78 is 5.34. The summed E-state index contributed by atoms with van der Waals surface area (Å²) in [6.07, 6.45) is 5.68. The molecule has 1 aliphatic rings. The zero-order valence-corrected chi connectivity index (χ0v) is 15.0. The number of carbonyl (C=O) groups is 1. The van der Waals surface area contributed by atoms with Crippen LogP contribution in [0.25, 0.3) is 6.08 Å². The minimum atomic E-state index is -0.0622. The van der Waals surface area contributed by atoms with Gasteiger partial charge in [-0.15, -0.1) is 0 Å². The third-order valence-corrected chi connectivity index (χ3v) is 4.29. The Hall–Kier alpha value is -2.73. The summed E-state index contributed by atoms with van der Waals surface area (Å²) in [5.74, 6) is 0.378. The van der Waals surface area contributed by atoms with E-state index in [1.807, 2.05) is 30.0 Å². The van der Waals surface area contributed by atoms with Gasteiger partial charge in [-0.2, -0.15) is 0 Å². The Morgan fingerprint density at radius 3 is 2.65 bits per heavy atom. The van der Waals surface area contributed by atoms with Gasteiger partial charge in [0.1, 0.15) is 12.0 Å². The van der Waals surface area contributed by atoms with Crippen LogP contribution < -0.4 is 4.74 Å². The second-order valence-electron chi connectivity index (χ2n) is 6.08. The summed E-state index contributed by atoms with van der Waals surface area (Å²) in [7, 11) is 0. The van der Waals surface area contributed by atoms with E-state index in [0.717, 1.165) is 19.6 Å². The predicted molar refractivity (Wildman–Crippen MR) is 101 cm³/mol. The zero-order valence-electron chi connectivity index (χ0n) is 15.0. The second-order valence-corrected chi connectivity index (χ2v) is 6.08. The van der Waals surface area contributed by atoms with Crippen LogP contribution in [0.15, 0.2) is 48.8 Å². The van der Waals surface area contributed by atoms with Crippen molar-refractivity contribution in [1.82, 2.24) is 19.8 Å². The highest BCUT2D eigenvalue weighted by molar-refractivity contribution is 5.92. The average Bonchev–Trinajstić information content (AvgIpc) is 2.69. The van der Waals surface area contributed by atoms with E-state index in [-0.39, 0.29) is 5.91 Å². The molecule has 0 unspecified atom stereocenters. The molecule has 1 amide bonds. The van der Waals surface area contributed by atoms with Gasteiger partial charge >= 0.3 is 0 Å². The van der Waals surface area contributed by atoms with Crippen LogP contribution >= 0.6 is 0 Å². The van der Waals surface area contributed by atoms with E-state index < -0.39 is 0 Å². The van der Waals surface area contributed by atoms with Crippen molar-refractivity contribution in [2.45, 2.75) is 6.92 Å². The summed E-state index contributed by atoms with van der Waals surface area (Å²) in [6.45, 7) is 6.40. The van der Waals surface area contributed by atoms with Gasteiger partial charge in [0.15, 0.2) is 0 Å². The Morgan fingerprint density at radius 2 is 1.92 bits per heavy atom. The van der Waals surface area contributed by atoms with Gasteiger partial charge in [-0.25, -0.2) is 9.97 Å². The molecular formula is C20H24N4O2. The molecule has 0 aliphatic carbocycles. The van der Waals surface area contributed by atoms with E-state index in [1.54, 1.807) is 6.07 Å². The largest absolute Gasteiger partial charge is 0.478 e. The monoisotopic (exact) mass is 352 g/mol. The summed E-state index contributed by atoms with van der Waals surface area (Å²) in [4.78, 5) is 24.9. The van der Waals surface area contributed by atoms with Crippen LogP contribution in [0.3, 0.4) is 0 Å². The molecule has 1 aromatic carbocycles. The molecule has 0 N–H and O–H groups in total. The van der Waals surface area contributed by atoms with Crippen LogP contribution in [0, 0.1) is 0 Å². The first kappa shape index (κ1) is 18.1. The second kappa shape index (κ2) is 9.10. The van der Waals surface area contributed by atoms with Gasteiger partial charge in [-0.3, -0.25) is 9.69 Å². The molecule has 0 bridgehead atoms. The van der Waals surface area contributed by atoms with Gasteiger partial charge < -0.3 is 9.64 Å². The van der Waals surface area contributed by atoms with Crippen molar-refractivity contribution in [3.63, 3.8) is 0 Å². The van der Waals surface area contributed by atoms with Gasteiger partial charge in [-0.05, 0) is 12.5 Å². The number of rotatable bonds is 6. The molecule has 1 aromatic heterocycles. The fourth-order valence-electron chi connectivity index (χ4n) is 2.88. The molecule has 2 heterocycles. The highest BCUT2D eigenvalue weighted by atomic mass is 16.5. The van der Waals surface area contributed by atoms with E-state index >= 15 is 0 Å². The summed E-state index contributed by atoms with van der Waals surface area (Å²) in [6, 6.07) is 11.9. The smallest absolute Gasteiger partial charge is 0.272 e. The molecule has 0 saturated carbocycles. The maximum absolute atomic E-state index is 12.6. The van der Waals surface area contributed by atoms with Crippen molar-refractivity contribution < 1.29 is 9.53 Å². The number of piperazine rings is 1. The Morgan fingerprint density at radius 1 is 1.15 bits per heavy atom. The number of aromatic nitrogens is 2. The number of benzene rings is 1. The molecule has 1 aliphatic heterocycles. The molecule has 6 nitrogen and oxygen atoms in total. The van der Waals surface area contributed by atoms with Gasteiger partial charge in [0.05, 0.1) is 6.61 Å². The molecule has 2 aromatic rings. The van der Waals surface area contributed by atoms with Gasteiger partial charge in [0.25, 0.3) is 5.91 Å². The lowest BCUT2D eigenvalue weighted by atomic mass is 10.2. The predicted octanol–water partition coefficient (Wildman–Crippen LogP) is 2.35. The van der Waals surface area contributed by atoms with E-state index in [9.17, 15) is 4.79 Å². The third-order valence-electron chi connectivity index (χ3n) is 4.29. The summed E-state index contributed by atoms with van der Waals surface area (Å²) in [5.41, 5.74) is 1.59. The van der Waals surface area contributed by atoms with Crippen LogP contribution in [0.5, 0.6) is 5.88 Å². The molecule has 136 valence electrons. The minimum Gasteiger partial charge on any atom is -0.478 e. The van der Waals surface area contributed by atoms with Gasteiger partial charge in [0, 0.05) is 38.8 Å². The van der Waals surface area contributed by atoms with Crippen LogP contribution in [0.4, 0.5) is 0 Å². The van der Waals surface area contributed by atoms with Gasteiger partial charge in [0.2, 0.25) is 5.88 Å². The summed E-state index contributed by atoms with van der Waals surface area (Å²) >= 11 is 0. The van der Waals surface area contributed by atoms with Crippen LogP contribution in [-0.4, -0.2) is 65.0 Å². The first-order valence-corrected chi connectivity index (χ1v) is 8.94. The normalized spacial score (nSPS) is 15.3. The molecule has 26 heavy (non-hydrogen) atoms. The third kappa shape index (κ3) is 4.89. The van der Waals surface area contributed by atoms with Crippen LogP contribution in [0.1, 0.15) is 23.0 Å². The number of hydrogen-bond acceptors (Lipinski definition) is 5. The molecule has 3 rings (SSSR count). The number of hydrogen-bond donors (Lipinski definition) is 0. The molecule has 0 spiro atoms. The molecule has 0 radical (unpaired) electrons. The van der Waals surface area contributed by atoms with Crippen molar-refractivity contribution in [1.29, 1.82) is 0 Å². The molecule has 0 atom stereocenters. The summed E-state index contributed by atoms with van der Waals surface area (Å²) in [5, 5.41) is 0. The highest BCUT2D eigenvalue weighted by Crippen LogP contribution is 2.11. The van der Waals surface area contributed by atoms with Crippen molar-refractivity contribution >= 4 is 12.0 Å². The SMILES string of the molecule is CCOc1cc(C(=O)N2CCN(C/C=C/c3ccccc3)CC2)ncn1. The van der Waals surface area contributed by atoms with Crippen molar-refractivity contribution in [2.75, 3.05) is 39.3 Å². The Kier molecular flexibility index (Phi) is 6.33. The number of carbonyl (C=O) groups excluding carboxylic acids is 1. The minimum absolute atomic E-state index is 0.0622. The zero-order chi connectivity index (χ0) is 18.2. The number of amides is 1. The fourth-order valence-corrected chi connectivity index (χ4v) is 2.88. The number of nitrogens with zero attached hydrogens (tertiary/aromatic N) is 4. The number of ether oxygens (including phenoxy) is 1. The Balaban J connectivity index is 1.49. The quantitative estimate of drug-likeness (QED) is 0.799. The van der Waals surface area contributed by atoms with Crippen molar-refractivity contribution in [3.8, 4) is 5.88 Å². The standard InChI is InChI=1S/C20H24N4O2/c1-2-26-19-15-18(21-16-22-19)20(25)24-13-11-23(12-14-24)10-6-9-17-7-4-3-5-8-17/h3-9,15-16H,2,10-14H2,1H3/b9-6+. The van der Waals surface area contributed by atoms with Gasteiger partial charge in [-0.1, -0.05) is 42.5 Å². The average molecular weight is 352 g/mol. The lowest BCUT2D eigenvalue weighted by Gasteiger charge is -2.34. The maximum Gasteiger partial charge on any atom is 0.272 e. The Labute approximate surface area is 154 Å². The Bertz CT molecular complexity index is 740.